The van der Waals surface area contributed by atoms with Crippen molar-refractivity contribution < 1.29 is 19.4 Å². The number of carboxylic acid groups (broad SMARTS) is 1. The average molecular weight is 242 g/mol. The maximum atomic E-state index is 11.4. The van der Waals surface area contributed by atoms with Crippen LogP contribution in [0.25, 0.3) is 0 Å². The largest absolute Gasteiger partial charge is 0.481 e. The summed E-state index contributed by atoms with van der Waals surface area (Å²) in [6, 6.07) is 0. The Morgan fingerprint density at radius 2 is 1.88 bits per heavy atom. The Bertz CT molecular complexity index is 269. The van der Waals surface area contributed by atoms with E-state index < -0.39 is 23.8 Å². The van der Waals surface area contributed by atoms with Gasteiger partial charge in [0.2, 0.25) is 0 Å². The minimum absolute atomic E-state index is 0.423. The van der Waals surface area contributed by atoms with Gasteiger partial charge in [0.1, 0.15) is 0 Å². The van der Waals surface area contributed by atoms with Crippen LogP contribution in [0.5, 0.6) is 0 Å². The van der Waals surface area contributed by atoms with Crippen LogP contribution in [0.3, 0.4) is 0 Å². The molecule has 0 saturated heterocycles. The summed E-state index contributed by atoms with van der Waals surface area (Å²) in [5.41, 5.74) is 0. The fraction of sp³-hybridized carbons (Fsp3) is 0.846. The van der Waals surface area contributed by atoms with Crippen molar-refractivity contribution in [1.82, 2.24) is 0 Å². The van der Waals surface area contributed by atoms with Gasteiger partial charge in [0.15, 0.2) is 0 Å². The predicted octanol–water partition coefficient (Wildman–Crippen LogP) is 2.47. The molecule has 0 aromatic carbocycles. The molecule has 2 atom stereocenters. The van der Waals surface area contributed by atoms with Gasteiger partial charge in [0, 0.05) is 0 Å². The van der Waals surface area contributed by atoms with E-state index in [4.69, 9.17) is 0 Å². The molecule has 4 nitrogen and oxygen atoms in total. The van der Waals surface area contributed by atoms with Gasteiger partial charge in [0.05, 0.1) is 18.9 Å². The average Bonchev–Trinajstić information content (AvgIpc) is 2.35. The van der Waals surface area contributed by atoms with Crippen LogP contribution in [-0.2, 0) is 14.3 Å². The van der Waals surface area contributed by atoms with Crippen molar-refractivity contribution in [3.8, 4) is 0 Å². The van der Waals surface area contributed by atoms with Gasteiger partial charge < -0.3 is 9.84 Å². The molecule has 0 unspecified atom stereocenters. The van der Waals surface area contributed by atoms with Crippen molar-refractivity contribution in [2.75, 3.05) is 7.11 Å². The lowest BCUT2D eigenvalue weighted by molar-refractivity contribution is -0.155. The molecule has 1 N–H and O–H groups in total. The highest BCUT2D eigenvalue weighted by Gasteiger charge is 2.33. The van der Waals surface area contributed by atoms with Gasteiger partial charge in [-0.05, 0) is 12.3 Å². The smallest absolute Gasteiger partial charge is 0.309 e. The minimum Gasteiger partial charge on any atom is -0.481 e. The van der Waals surface area contributed by atoms with Crippen LogP contribution in [0.15, 0.2) is 0 Å². The topological polar surface area (TPSA) is 63.6 Å². The normalized spacial score (nSPS) is 20.6. The van der Waals surface area contributed by atoms with Gasteiger partial charge in [-0.25, -0.2) is 0 Å². The van der Waals surface area contributed by atoms with E-state index in [-0.39, 0.29) is 0 Å². The number of aliphatic carboxylic acids is 1. The zero-order valence-electron chi connectivity index (χ0n) is 10.6. The predicted molar refractivity (Wildman–Crippen MR) is 63.5 cm³/mol. The molecule has 1 saturated carbocycles. The van der Waals surface area contributed by atoms with Crippen LogP contribution >= 0.6 is 0 Å². The first-order valence-electron chi connectivity index (χ1n) is 6.37. The highest BCUT2D eigenvalue weighted by atomic mass is 16.5. The highest BCUT2D eigenvalue weighted by Crippen LogP contribution is 2.32. The third-order valence-electron chi connectivity index (χ3n) is 3.81. The Hall–Kier alpha value is -1.06. The highest BCUT2D eigenvalue weighted by molar-refractivity contribution is 5.80. The standard InChI is InChI=1S/C13H22O4/c1-9(13(16)17-2)11(12(14)15)8-10-6-4-3-5-7-10/h9-11H,3-8H2,1-2H3,(H,14,15)/t9-,11+/m1/s1. The van der Waals surface area contributed by atoms with E-state index in [9.17, 15) is 14.7 Å². The fourth-order valence-corrected chi connectivity index (χ4v) is 2.65. The van der Waals surface area contributed by atoms with Crippen molar-refractivity contribution in [2.24, 2.45) is 17.8 Å². The molecule has 1 aliphatic carbocycles. The molecule has 1 fully saturated rings. The summed E-state index contributed by atoms with van der Waals surface area (Å²) in [6.07, 6.45) is 6.41. The number of carbonyl (C=O) groups excluding carboxylic acids is 1. The van der Waals surface area contributed by atoms with Crippen LogP contribution in [0.1, 0.15) is 45.4 Å². The van der Waals surface area contributed by atoms with Gasteiger partial charge in [-0.3, -0.25) is 9.59 Å². The zero-order valence-corrected chi connectivity index (χ0v) is 10.6. The first kappa shape index (κ1) is 14.0. The van der Waals surface area contributed by atoms with Crippen LogP contribution in [-0.4, -0.2) is 24.2 Å². The van der Waals surface area contributed by atoms with E-state index in [0.29, 0.717) is 12.3 Å². The molecule has 1 rings (SSSR count). The first-order valence-corrected chi connectivity index (χ1v) is 6.37. The summed E-state index contributed by atoms with van der Waals surface area (Å²) in [6.45, 7) is 1.65. The lowest BCUT2D eigenvalue weighted by Gasteiger charge is -2.26. The first-order chi connectivity index (χ1) is 8.06. The van der Waals surface area contributed by atoms with Crippen LogP contribution in [0.4, 0.5) is 0 Å². The molecule has 1 aliphatic rings. The van der Waals surface area contributed by atoms with Gasteiger partial charge in [0.25, 0.3) is 0 Å². The second-order valence-corrected chi connectivity index (χ2v) is 5.00. The van der Waals surface area contributed by atoms with Gasteiger partial charge in [-0.1, -0.05) is 39.0 Å². The Labute approximate surface area is 102 Å². The SMILES string of the molecule is COC(=O)[C@H](C)[C@H](CC1CCCCC1)C(=O)O. The Balaban J connectivity index is 2.58. The molecule has 0 aromatic heterocycles. The summed E-state index contributed by atoms with van der Waals surface area (Å²) < 4.78 is 4.63. The summed E-state index contributed by atoms with van der Waals surface area (Å²) in [7, 11) is 1.30. The molecular formula is C13H22O4. The number of carbonyl (C=O) groups is 2. The van der Waals surface area contributed by atoms with Crippen molar-refractivity contribution in [3.05, 3.63) is 0 Å². The summed E-state index contributed by atoms with van der Waals surface area (Å²) in [4.78, 5) is 22.6. The Morgan fingerprint density at radius 3 is 2.35 bits per heavy atom. The molecule has 0 spiro atoms. The number of hydrogen-bond acceptors (Lipinski definition) is 3. The number of hydrogen-bond donors (Lipinski definition) is 1. The van der Waals surface area contributed by atoms with Gasteiger partial charge in [-0.2, -0.15) is 0 Å². The van der Waals surface area contributed by atoms with E-state index in [2.05, 4.69) is 4.74 Å². The van der Waals surface area contributed by atoms with Crippen LogP contribution in [0.2, 0.25) is 0 Å². The third kappa shape index (κ3) is 4.02. The second kappa shape index (κ2) is 6.62. The fourth-order valence-electron chi connectivity index (χ4n) is 2.65. The lowest BCUT2D eigenvalue weighted by Crippen LogP contribution is -2.30. The zero-order chi connectivity index (χ0) is 12.8. The van der Waals surface area contributed by atoms with Crippen LogP contribution < -0.4 is 0 Å². The monoisotopic (exact) mass is 242 g/mol. The van der Waals surface area contributed by atoms with Gasteiger partial charge >= 0.3 is 11.9 Å². The minimum atomic E-state index is -0.881. The quantitative estimate of drug-likeness (QED) is 0.752. The molecule has 0 amide bonds. The maximum absolute atomic E-state index is 11.4. The third-order valence-corrected chi connectivity index (χ3v) is 3.81. The van der Waals surface area contributed by atoms with E-state index in [1.807, 2.05) is 0 Å². The summed E-state index contributed by atoms with van der Waals surface area (Å²) in [5, 5.41) is 9.21. The van der Waals surface area contributed by atoms with Gasteiger partial charge in [-0.15, -0.1) is 0 Å². The van der Waals surface area contributed by atoms with Crippen molar-refractivity contribution in [2.45, 2.75) is 45.4 Å². The van der Waals surface area contributed by atoms with Crippen molar-refractivity contribution in [3.63, 3.8) is 0 Å². The van der Waals surface area contributed by atoms with E-state index >= 15 is 0 Å². The Kier molecular flexibility index (Phi) is 5.45. The van der Waals surface area contributed by atoms with E-state index in [1.165, 1.54) is 26.4 Å². The van der Waals surface area contributed by atoms with Crippen LogP contribution in [0, 0.1) is 17.8 Å². The molecule has 0 aliphatic heterocycles. The molecule has 4 heteroatoms. The van der Waals surface area contributed by atoms with E-state index in [1.54, 1.807) is 6.92 Å². The number of ether oxygens (including phenoxy) is 1. The number of carboxylic acids is 1. The maximum Gasteiger partial charge on any atom is 0.309 e. The summed E-state index contributed by atoms with van der Waals surface area (Å²) in [5.74, 6) is -2.01. The molecule has 0 aromatic rings. The molecule has 0 radical (unpaired) electrons. The Morgan fingerprint density at radius 1 is 1.29 bits per heavy atom. The van der Waals surface area contributed by atoms with Crippen molar-refractivity contribution in [1.29, 1.82) is 0 Å². The molecule has 17 heavy (non-hydrogen) atoms. The molecule has 0 bridgehead atoms. The molecule has 0 heterocycles. The second-order valence-electron chi connectivity index (χ2n) is 5.00. The summed E-state index contributed by atoms with van der Waals surface area (Å²) >= 11 is 0. The number of rotatable bonds is 5. The number of methoxy groups -OCH3 is 1. The number of esters is 1. The van der Waals surface area contributed by atoms with Crippen molar-refractivity contribution >= 4 is 11.9 Å². The lowest BCUT2D eigenvalue weighted by atomic mass is 9.79. The molecular weight excluding hydrogens is 220 g/mol. The van der Waals surface area contributed by atoms with E-state index in [0.717, 1.165) is 12.8 Å². The molecule has 98 valence electrons.